The van der Waals surface area contributed by atoms with Gasteiger partial charge in [-0.15, -0.1) is 0 Å². The second kappa shape index (κ2) is 3.96. The van der Waals surface area contributed by atoms with E-state index in [2.05, 4.69) is 15.9 Å². The Morgan fingerprint density at radius 3 is 2.75 bits per heavy atom. The first-order valence-electron chi connectivity index (χ1n) is 3.41. The fourth-order valence-corrected chi connectivity index (χ4v) is 1.42. The summed E-state index contributed by atoms with van der Waals surface area (Å²) in [7, 11) is 0. The van der Waals surface area contributed by atoms with Gasteiger partial charge in [0.05, 0.1) is 6.04 Å². The topological polar surface area (TPSA) is 26.0 Å². The van der Waals surface area contributed by atoms with Crippen LogP contribution in [0.3, 0.4) is 0 Å². The first-order chi connectivity index (χ1) is 5.65. The zero-order valence-corrected chi connectivity index (χ0v) is 7.81. The average Bonchev–Trinajstić information content (AvgIpc) is 2.08. The maximum Gasteiger partial charge on any atom is 0.123 e. The predicted octanol–water partition coefficient (Wildman–Crippen LogP) is 2.56. The Kier molecular flexibility index (Phi) is 3.17. The lowest BCUT2D eigenvalue weighted by Gasteiger charge is -2.09. The third kappa shape index (κ3) is 2.01. The highest BCUT2D eigenvalue weighted by Crippen LogP contribution is 2.23. The Bertz CT molecular complexity index is 278. The van der Waals surface area contributed by atoms with Crippen LogP contribution in [-0.2, 0) is 0 Å². The van der Waals surface area contributed by atoms with Crippen molar-refractivity contribution in [3.8, 4) is 0 Å². The van der Waals surface area contributed by atoms with Gasteiger partial charge in [0, 0.05) is 4.47 Å². The van der Waals surface area contributed by atoms with Gasteiger partial charge in [-0.25, -0.2) is 8.78 Å². The molecule has 2 N–H and O–H groups in total. The molecule has 0 aliphatic heterocycles. The molecule has 0 aromatic heterocycles. The minimum atomic E-state index is -0.755. The molecule has 4 heteroatoms. The molecule has 0 spiro atoms. The SMILES string of the molecule is N[C@@H](CF)c1cc(F)ccc1Br. The molecule has 0 fully saturated rings. The van der Waals surface area contributed by atoms with Gasteiger partial charge in [-0.2, -0.15) is 0 Å². The second-order valence-electron chi connectivity index (χ2n) is 2.43. The number of hydrogen-bond donors (Lipinski definition) is 1. The minimum absolute atomic E-state index is 0.405. The highest BCUT2D eigenvalue weighted by molar-refractivity contribution is 9.10. The zero-order valence-electron chi connectivity index (χ0n) is 6.23. The van der Waals surface area contributed by atoms with Gasteiger partial charge < -0.3 is 5.73 Å². The van der Waals surface area contributed by atoms with Crippen molar-refractivity contribution in [3.05, 3.63) is 34.1 Å². The van der Waals surface area contributed by atoms with Crippen LogP contribution < -0.4 is 5.73 Å². The van der Waals surface area contributed by atoms with E-state index in [-0.39, 0.29) is 0 Å². The fourth-order valence-electron chi connectivity index (χ4n) is 0.882. The molecular weight excluding hydrogens is 228 g/mol. The Morgan fingerprint density at radius 1 is 1.50 bits per heavy atom. The highest BCUT2D eigenvalue weighted by atomic mass is 79.9. The van der Waals surface area contributed by atoms with Crippen molar-refractivity contribution in [2.24, 2.45) is 5.73 Å². The first kappa shape index (κ1) is 9.61. The van der Waals surface area contributed by atoms with Gasteiger partial charge in [-0.3, -0.25) is 0 Å². The van der Waals surface area contributed by atoms with E-state index in [1.165, 1.54) is 18.2 Å². The van der Waals surface area contributed by atoms with Crippen LogP contribution >= 0.6 is 15.9 Å². The van der Waals surface area contributed by atoms with E-state index in [0.717, 1.165) is 0 Å². The van der Waals surface area contributed by atoms with Crippen molar-refractivity contribution in [3.63, 3.8) is 0 Å². The lowest BCUT2D eigenvalue weighted by molar-refractivity contribution is 0.435. The molecule has 1 rings (SSSR count). The summed E-state index contributed by atoms with van der Waals surface area (Å²) in [5, 5.41) is 0. The van der Waals surface area contributed by atoms with E-state index in [1.54, 1.807) is 0 Å². The number of nitrogens with two attached hydrogens (primary N) is 1. The molecule has 0 heterocycles. The summed E-state index contributed by atoms with van der Waals surface area (Å²) in [6, 6.07) is 3.28. The maximum atomic E-state index is 12.6. The van der Waals surface area contributed by atoms with E-state index in [1.807, 2.05) is 0 Å². The summed E-state index contributed by atoms with van der Waals surface area (Å²) in [5.74, 6) is -0.405. The summed E-state index contributed by atoms with van der Waals surface area (Å²) in [4.78, 5) is 0. The highest BCUT2D eigenvalue weighted by Gasteiger charge is 2.09. The van der Waals surface area contributed by atoms with Crippen LogP contribution in [0.2, 0.25) is 0 Å². The van der Waals surface area contributed by atoms with E-state index >= 15 is 0 Å². The van der Waals surface area contributed by atoms with Gasteiger partial charge in [-0.1, -0.05) is 15.9 Å². The number of alkyl halides is 1. The molecule has 1 aromatic rings. The molecule has 0 saturated heterocycles. The van der Waals surface area contributed by atoms with E-state index in [9.17, 15) is 8.78 Å². The summed E-state index contributed by atoms with van der Waals surface area (Å²) >= 11 is 3.16. The van der Waals surface area contributed by atoms with Crippen molar-refractivity contribution < 1.29 is 8.78 Å². The quantitative estimate of drug-likeness (QED) is 0.838. The number of rotatable bonds is 2. The minimum Gasteiger partial charge on any atom is -0.322 e. The molecule has 0 aliphatic rings. The molecule has 66 valence electrons. The van der Waals surface area contributed by atoms with Gasteiger partial charge in [0.25, 0.3) is 0 Å². The van der Waals surface area contributed by atoms with Crippen LogP contribution in [0.1, 0.15) is 11.6 Å². The molecule has 0 aliphatic carbocycles. The van der Waals surface area contributed by atoms with Gasteiger partial charge in [0.1, 0.15) is 12.5 Å². The average molecular weight is 236 g/mol. The molecule has 0 radical (unpaired) electrons. The molecule has 0 saturated carbocycles. The number of hydrogen-bond acceptors (Lipinski definition) is 1. The van der Waals surface area contributed by atoms with Crippen molar-refractivity contribution >= 4 is 15.9 Å². The largest absolute Gasteiger partial charge is 0.322 e. The molecular formula is C8H8BrF2N. The van der Waals surface area contributed by atoms with Gasteiger partial charge in [0.2, 0.25) is 0 Å². The van der Waals surface area contributed by atoms with E-state index in [4.69, 9.17) is 5.73 Å². The zero-order chi connectivity index (χ0) is 9.14. The number of benzene rings is 1. The molecule has 12 heavy (non-hydrogen) atoms. The summed E-state index contributed by atoms with van der Waals surface area (Å²) in [5.41, 5.74) is 5.85. The molecule has 0 unspecified atom stereocenters. The third-order valence-electron chi connectivity index (χ3n) is 1.52. The fraction of sp³-hybridized carbons (Fsp3) is 0.250. The van der Waals surface area contributed by atoms with Crippen LogP contribution in [0.15, 0.2) is 22.7 Å². The third-order valence-corrected chi connectivity index (χ3v) is 2.25. The monoisotopic (exact) mass is 235 g/mol. The van der Waals surface area contributed by atoms with Crippen LogP contribution in [0.25, 0.3) is 0 Å². The normalized spacial score (nSPS) is 13.0. The lowest BCUT2D eigenvalue weighted by atomic mass is 10.1. The molecule has 0 bridgehead atoms. The van der Waals surface area contributed by atoms with Gasteiger partial charge in [-0.05, 0) is 23.8 Å². The second-order valence-corrected chi connectivity index (χ2v) is 3.28. The van der Waals surface area contributed by atoms with Crippen LogP contribution in [0, 0.1) is 5.82 Å². The Morgan fingerprint density at radius 2 is 2.17 bits per heavy atom. The van der Waals surface area contributed by atoms with Crippen molar-refractivity contribution in [1.29, 1.82) is 0 Å². The van der Waals surface area contributed by atoms with Crippen molar-refractivity contribution in [2.45, 2.75) is 6.04 Å². The molecule has 1 aromatic carbocycles. The maximum absolute atomic E-state index is 12.6. The first-order valence-corrected chi connectivity index (χ1v) is 4.21. The van der Waals surface area contributed by atoms with Gasteiger partial charge >= 0.3 is 0 Å². The Labute approximate surface area is 77.7 Å². The summed E-state index contributed by atoms with van der Waals surface area (Å²) < 4.78 is 25.4. The molecule has 0 amide bonds. The van der Waals surface area contributed by atoms with E-state index in [0.29, 0.717) is 10.0 Å². The summed E-state index contributed by atoms with van der Waals surface area (Å²) in [6.45, 7) is -0.692. The number of halogens is 3. The molecule has 1 atom stereocenters. The lowest BCUT2D eigenvalue weighted by Crippen LogP contribution is -2.12. The summed E-state index contributed by atoms with van der Waals surface area (Å²) in [6.07, 6.45) is 0. The van der Waals surface area contributed by atoms with Crippen molar-refractivity contribution in [1.82, 2.24) is 0 Å². The van der Waals surface area contributed by atoms with Crippen LogP contribution in [-0.4, -0.2) is 6.67 Å². The van der Waals surface area contributed by atoms with Crippen LogP contribution in [0.4, 0.5) is 8.78 Å². The Balaban J connectivity index is 3.04. The Hall–Kier alpha value is -0.480. The smallest absolute Gasteiger partial charge is 0.123 e. The van der Waals surface area contributed by atoms with Crippen molar-refractivity contribution in [2.75, 3.05) is 6.67 Å². The predicted molar refractivity (Wildman–Crippen MR) is 47.0 cm³/mol. The molecule has 1 nitrogen and oxygen atoms in total. The standard InChI is InChI=1S/C8H8BrF2N/c9-7-2-1-5(11)3-6(7)8(12)4-10/h1-3,8H,4,12H2/t8-/m0/s1. The van der Waals surface area contributed by atoms with Gasteiger partial charge in [0.15, 0.2) is 0 Å². The van der Waals surface area contributed by atoms with Crippen LogP contribution in [0.5, 0.6) is 0 Å². The van der Waals surface area contributed by atoms with E-state index < -0.39 is 18.5 Å².